The van der Waals surface area contributed by atoms with Gasteiger partial charge in [-0.25, -0.2) is 14.1 Å². The Balaban J connectivity index is 1.42. The van der Waals surface area contributed by atoms with Crippen LogP contribution in [0, 0.1) is 5.82 Å². The fraction of sp³-hybridized carbons (Fsp3) is 0.455. The van der Waals surface area contributed by atoms with Crippen molar-refractivity contribution in [2.24, 2.45) is 0 Å². The number of carbonyl (C=O) groups excluding carboxylic acids is 4. The number of urea groups is 1. The minimum Gasteiger partial charge on any atom is -0.324 e. The van der Waals surface area contributed by atoms with Crippen LogP contribution in [0.3, 0.4) is 0 Å². The van der Waals surface area contributed by atoms with Crippen LogP contribution in [-0.4, -0.2) is 63.8 Å². The molecule has 0 radical (unpaired) electrons. The van der Waals surface area contributed by atoms with E-state index in [1.807, 2.05) is 0 Å². The normalized spacial score (nSPS) is 21.8. The second-order valence-corrected chi connectivity index (χ2v) is 9.01. The lowest BCUT2D eigenvalue weighted by Crippen LogP contribution is -2.43. The molecule has 2 aliphatic heterocycles. The molecule has 0 aromatic heterocycles. The van der Waals surface area contributed by atoms with Crippen LogP contribution in [0.1, 0.15) is 43.0 Å². The van der Waals surface area contributed by atoms with E-state index in [-0.39, 0.29) is 6.54 Å². The zero-order valence-corrected chi connectivity index (χ0v) is 17.9. The first kappa shape index (κ1) is 21.5. The van der Waals surface area contributed by atoms with Crippen molar-refractivity contribution < 1.29 is 23.6 Å². The quantitative estimate of drug-likeness (QED) is 0.382. The molecule has 31 heavy (non-hydrogen) atoms. The second-order valence-electron chi connectivity index (χ2n) is 7.82. The molecule has 2 saturated heterocycles. The molecular formula is C22H24FN3O4S. The number of rotatable bonds is 6. The van der Waals surface area contributed by atoms with E-state index in [4.69, 9.17) is 0 Å². The highest BCUT2D eigenvalue weighted by molar-refractivity contribution is 7.99. The van der Waals surface area contributed by atoms with Crippen molar-refractivity contribution in [3.8, 4) is 0 Å². The molecule has 7 nitrogen and oxygen atoms in total. The largest absolute Gasteiger partial charge is 0.334 e. The molecule has 1 aromatic carbocycles. The van der Waals surface area contributed by atoms with Gasteiger partial charge in [-0.05, 0) is 38.2 Å². The van der Waals surface area contributed by atoms with E-state index in [0.717, 1.165) is 30.6 Å². The molecule has 164 valence electrons. The van der Waals surface area contributed by atoms with Gasteiger partial charge in [0, 0.05) is 24.4 Å². The molecular weight excluding hydrogens is 421 g/mol. The van der Waals surface area contributed by atoms with E-state index in [2.05, 4.69) is 6.08 Å². The molecule has 1 aliphatic carbocycles. The van der Waals surface area contributed by atoms with Crippen molar-refractivity contribution in [1.82, 2.24) is 14.7 Å². The van der Waals surface area contributed by atoms with Gasteiger partial charge in [0.1, 0.15) is 17.7 Å². The maximum Gasteiger partial charge on any atom is 0.334 e. The van der Waals surface area contributed by atoms with Crippen LogP contribution in [0.25, 0.3) is 0 Å². The molecule has 2 fully saturated rings. The molecule has 5 amide bonds. The number of nitrogens with zero attached hydrogens (tertiary/aromatic N) is 3. The van der Waals surface area contributed by atoms with Crippen molar-refractivity contribution in [2.45, 2.75) is 37.5 Å². The first-order chi connectivity index (χ1) is 15.0. The van der Waals surface area contributed by atoms with E-state index in [1.165, 1.54) is 28.3 Å². The molecule has 9 heteroatoms. The lowest BCUT2D eigenvalue weighted by molar-refractivity contribution is -0.145. The Morgan fingerprint density at radius 2 is 1.87 bits per heavy atom. The average molecular weight is 446 g/mol. The Bertz CT molecular complexity index is 950. The number of hydrogen-bond donors (Lipinski definition) is 0. The van der Waals surface area contributed by atoms with Gasteiger partial charge in [0.2, 0.25) is 5.91 Å². The summed E-state index contributed by atoms with van der Waals surface area (Å²) in [6, 6.07) is 5.48. The lowest BCUT2D eigenvalue weighted by atomic mass is 9.97. The average Bonchev–Trinajstić information content (AvgIpc) is 3.34. The Morgan fingerprint density at radius 1 is 1.10 bits per heavy atom. The van der Waals surface area contributed by atoms with Crippen molar-refractivity contribution in [1.29, 1.82) is 0 Å². The van der Waals surface area contributed by atoms with Crippen LogP contribution in [0.2, 0.25) is 0 Å². The molecule has 0 spiro atoms. The first-order valence-electron chi connectivity index (χ1n) is 10.5. The molecule has 0 saturated carbocycles. The highest BCUT2D eigenvalue weighted by Gasteiger charge is 2.46. The van der Waals surface area contributed by atoms with E-state index in [9.17, 15) is 23.6 Å². The minimum absolute atomic E-state index is 0.136. The Hall–Kier alpha value is -2.68. The van der Waals surface area contributed by atoms with E-state index >= 15 is 0 Å². The van der Waals surface area contributed by atoms with Crippen LogP contribution in [-0.2, 0) is 14.4 Å². The summed E-state index contributed by atoms with van der Waals surface area (Å²) in [6.07, 6.45) is 6.84. The minimum atomic E-state index is -0.981. The van der Waals surface area contributed by atoms with Crippen LogP contribution < -0.4 is 0 Å². The van der Waals surface area contributed by atoms with Gasteiger partial charge in [-0.3, -0.25) is 19.3 Å². The summed E-state index contributed by atoms with van der Waals surface area (Å²) in [6.45, 7) is -0.00397. The van der Waals surface area contributed by atoms with Crippen molar-refractivity contribution in [2.75, 3.05) is 25.4 Å². The highest BCUT2D eigenvalue weighted by atomic mass is 32.2. The number of halogens is 1. The fourth-order valence-corrected chi connectivity index (χ4v) is 5.46. The third-order valence-electron chi connectivity index (χ3n) is 5.85. The summed E-state index contributed by atoms with van der Waals surface area (Å²) in [5, 5.41) is -0.522. The third-order valence-corrected chi connectivity index (χ3v) is 7.10. The number of carbonyl (C=O) groups is 4. The number of amides is 5. The van der Waals surface area contributed by atoms with Crippen LogP contribution in [0.15, 0.2) is 35.9 Å². The number of thioether (sulfide) groups is 1. The highest BCUT2D eigenvalue weighted by Crippen LogP contribution is 2.39. The van der Waals surface area contributed by atoms with Crippen molar-refractivity contribution >= 4 is 35.5 Å². The molecule has 4 rings (SSSR count). The molecule has 2 heterocycles. The predicted octanol–water partition coefficient (Wildman–Crippen LogP) is 3.08. The fourth-order valence-electron chi connectivity index (χ4n) is 4.16. The maximum atomic E-state index is 14.2. The topological polar surface area (TPSA) is 78.0 Å². The number of imide groups is 2. The SMILES string of the molecule is O=C1C(=O)N(CC(=O)N2CCS[C@@H]2c2ccccc2F)C(=O)N1CCC1=CCCCC1. The van der Waals surface area contributed by atoms with Gasteiger partial charge in [0.15, 0.2) is 0 Å². The van der Waals surface area contributed by atoms with E-state index in [0.29, 0.717) is 29.2 Å². The monoisotopic (exact) mass is 445 g/mol. The van der Waals surface area contributed by atoms with Crippen LogP contribution in [0.5, 0.6) is 0 Å². The molecule has 0 N–H and O–H groups in total. The zero-order chi connectivity index (χ0) is 22.0. The van der Waals surface area contributed by atoms with Crippen LogP contribution in [0.4, 0.5) is 9.18 Å². The second kappa shape index (κ2) is 9.21. The standard InChI is InChI=1S/C22H24FN3O4S/c23-17-9-5-4-8-16(17)21-24(12-13-31-21)18(27)14-26-20(29)19(28)25(22(26)30)11-10-15-6-2-1-3-7-15/h4-6,8-9,21H,1-3,7,10-14H2/t21-/m1/s1. The molecule has 0 bridgehead atoms. The summed E-state index contributed by atoms with van der Waals surface area (Å²) in [7, 11) is 0. The smallest absolute Gasteiger partial charge is 0.324 e. The van der Waals surface area contributed by atoms with Gasteiger partial charge < -0.3 is 4.90 Å². The van der Waals surface area contributed by atoms with Crippen LogP contribution >= 0.6 is 11.8 Å². The van der Waals surface area contributed by atoms with Gasteiger partial charge in [-0.1, -0.05) is 29.8 Å². The Labute approximate surface area is 184 Å². The van der Waals surface area contributed by atoms with Gasteiger partial charge >= 0.3 is 17.8 Å². The van der Waals surface area contributed by atoms with E-state index in [1.54, 1.807) is 18.2 Å². The third kappa shape index (κ3) is 4.37. The zero-order valence-electron chi connectivity index (χ0n) is 17.1. The Morgan fingerprint density at radius 3 is 2.61 bits per heavy atom. The van der Waals surface area contributed by atoms with Gasteiger partial charge in [0.05, 0.1) is 0 Å². The summed E-state index contributed by atoms with van der Waals surface area (Å²) in [4.78, 5) is 53.5. The predicted molar refractivity (Wildman–Crippen MR) is 113 cm³/mol. The number of benzene rings is 1. The first-order valence-corrected chi connectivity index (χ1v) is 11.5. The molecule has 3 aliphatic rings. The van der Waals surface area contributed by atoms with Crippen molar-refractivity contribution in [3.05, 3.63) is 47.3 Å². The summed E-state index contributed by atoms with van der Waals surface area (Å²) in [5.74, 6) is -2.15. The molecule has 1 aromatic rings. The van der Waals surface area contributed by atoms with Crippen molar-refractivity contribution in [3.63, 3.8) is 0 Å². The van der Waals surface area contributed by atoms with Gasteiger partial charge in [-0.2, -0.15) is 0 Å². The summed E-state index contributed by atoms with van der Waals surface area (Å²) >= 11 is 1.42. The summed E-state index contributed by atoms with van der Waals surface area (Å²) in [5.41, 5.74) is 1.58. The Kier molecular flexibility index (Phi) is 6.41. The maximum absolute atomic E-state index is 14.2. The van der Waals surface area contributed by atoms with Gasteiger partial charge in [0.25, 0.3) is 0 Å². The lowest BCUT2D eigenvalue weighted by Gasteiger charge is -2.26. The molecule has 0 unspecified atom stereocenters. The molecule has 1 atom stereocenters. The number of hydrogen-bond acceptors (Lipinski definition) is 5. The number of allylic oxidation sites excluding steroid dienone is 1. The van der Waals surface area contributed by atoms with E-state index < -0.39 is 41.5 Å². The van der Waals surface area contributed by atoms with Gasteiger partial charge in [-0.15, -0.1) is 11.8 Å². The summed E-state index contributed by atoms with van der Waals surface area (Å²) < 4.78 is 14.2.